The van der Waals surface area contributed by atoms with Crippen molar-refractivity contribution in [2.24, 2.45) is 0 Å². The van der Waals surface area contributed by atoms with E-state index in [1.807, 2.05) is 12.1 Å². The lowest BCUT2D eigenvalue weighted by Gasteiger charge is -2.20. The molecule has 0 aliphatic carbocycles. The predicted octanol–water partition coefficient (Wildman–Crippen LogP) is 1.87. The second-order valence-electron chi connectivity index (χ2n) is 4.63. The third-order valence-corrected chi connectivity index (χ3v) is 3.24. The van der Waals surface area contributed by atoms with Crippen LogP contribution < -0.4 is 5.32 Å². The molecule has 1 fully saturated rings. The van der Waals surface area contributed by atoms with Gasteiger partial charge in [-0.3, -0.25) is 0 Å². The Balaban J connectivity index is 1.77. The summed E-state index contributed by atoms with van der Waals surface area (Å²) < 4.78 is 12.7. The van der Waals surface area contributed by atoms with Crippen LogP contribution in [0.3, 0.4) is 0 Å². The van der Waals surface area contributed by atoms with E-state index in [0.29, 0.717) is 6.54 Å². The highest BCUT2D eigenvalue weighted by molar-refractivity contribution is 5.16. The van der Waals surface area contributed by atoms with Crippen LogP contribution in [0.25, 0.3) is 0 Å². The maximum Gasteiger partial charge on any atom is 0.123 e. The minimum absolute atomic E-state index is 0.192. The Bertz CT molecular complexity index is 330. The Labute approximate surface area is 95.5 Å². The highest BCUT2D eigenvalue weighted by Gasteiger charge is 2.29. The summed E-state index contributed by atoms with van der Waals surface area (Å²) in [5, 5.41) is 13.3. The number of benzene rings is 1. The van der Waals surface area contributed by atoms with Crippen molar-refractivity contribution in [3.05, 3.63) is 35.6 Å². The smallest absolute Gasteiger partial charge is 0.123 e. The number of hydrogen-bond acceptors (Lipinski definition) is 2. The molecule has 0 spiro atoms. The summed E-state index contributed by atoms with van der Waals surface area (Å²) in [5.74, 6) is -0.192. The molecule has 16 heavy (non-hydrogen) atoms. The van der Waals surface area contributed by atoms with Crippen molar-refractivity contribution in [1.29, 1.82) is 0 Å². The molecule has 88 valence electrons. The van der Waals surface area contributed by atoms with Crippen LogP contribution in [0.15, 0.2) is 24.3 Å². The third kappa shape index (κ3) is 3.03. The maximum absolute atomic E-state index is 12.7. The second-order valence-corrected chi connectivity index (χ2v) is 4.63. The van der Waals surface area contributed by atoms with Crippen LogP contribution in [0.4, 0.5) is 4.39 Å². The molecule has 1 atom stereocenters. The van der Waals surface area contributed by atoms with Gasteiger partial charge in [0.1, 0.15) is 5.82 Å². The Morgan fingerprint density at radius 2 is 2.06 bits per heavy atom. The van der Waals surface area contributed by atoms with Crippen LogP contribution in [-0.2, 0) is 6.42 Å². The van der Waals surface area contributed by atoms with E-state index in [1.54, 1.807) is 0 Å². The van der Waals surface area contributed by atoms with Crippen LogP contribution in [0.2, 0.25) is 0 Å². The number of nitrogens with one attached hydrogen (secondary N) is 1. The molecule has 2 rings (SSSR count). The average Bonchev–Trinajstić information content (AvgIpc) is 2.69. The van der Waals surface area contributed by atoms with Gasteiger partial charge < -0.3 is 10.4 Å². The van der Waals surface area contributed by atoms with Gasteiger partial charge in [-0.25, -0.2) is 4.39 Å². The summed E-state index contributed by atoms with van der Waals surface area (Å²) in [4.78, 5) is 0. The van der Waals surface area contributed by atoms with Gasteiger partial charge in [-0.05, 0) is 49.9 Å². The van der Waals surface area contributed by atoms with Gasteiger partial charge in [0.2, 0.25) is 0 Å². The lowest BCUT2D eigenvalue weighted by atomic mass is 9.94. The van der Waals surface area contributed by atoms with Crippen LogP contribution >= 0.6 is 0 Å². The molecule has 0 radical (unpaired) electrons. The van der Waals surface area contributed by atoms with E-state index in [-0.39, 0.29) is 5.82 Å². The molecule has 1 unspecified atom stereocenters. The normalized spacial score (nSPS) is 24.9. The van der Waals surface area contributed by atoms with Crippen molar-refractivity contribution >= 4 is 0 Å². The van der Waals surface area contributed by atoms with E-state index >= 15 is 0 Å². The molecular weight excluding hydrogens is 205 g/mol. The molecule has 0 amide bonds. The van der Waals surface area contributed by atoms with E-state index in [2.05, 4.69) is 5.32 Å². The lowest BCUT2D eigenvalue weighted by Crippen LogP contribution is -2.31. The van der Waals surface area contributed by atoms with Crippen molar-refractivity contribution < 1.29 is 9.50 Å². The van der Waals surface area contributed by atoms with Crippen molar-refractivity contribution in [1.82, 2.24) is 5.32 Å². The van der Waals surface area contributed by atoms with Crippen molar-refractivity contribution in [3.63, 3.8) is 0 Å². The summed E-state index contributed by atoms with van der Waals surface area (Å²) in [6, 6.07) is 6.60. The standard InChI is InChI=1S/C13H18FNO/c14-12-5-3-11(4-6-12)2-1-7-13(16)8-9-15-10-13/h3-6,15-16H,1-2,7-10H2. The minimum atomic E-state index is -0.514. The molecule has 1 aliphatic rings. The van der Waals surface area contributed by atoms with Crippen LogP contribution in [0.1, 0.15) is 24.8 Å². The third-order valence-electron chi connectivity index (χ3n) is 3.24. The van der Waals surface area contributed by atoms with Gasteiger partial charge in [-0.1, -0.05) is 12.1 Å². The number of halogens is 1. The SMILES string of the molecule is OC1(CCCc2ccc(F)cc2)CCNC1. The van der Waals surface area contributed by atoms with E-state index < -0.39 is 5.60 Å². The first-order valence-electron chi connectivity index (χ1n) is 5.86. The fraction of sp³-hybridized carbons (Fsp3) is 0.538. The van der Waals surface area contributed by atoms with Crippen LogP contribution in [0.5, 0.6) is 0 Å². The Kier molecular flexibility index (Phi) is 3.56. The summed E-state index contributed by atoms with van der Waals surface area (Å²) in [6.07, 6.45) is 3.51. The number of rotatable bonds is 4. The number of aliphatic hydroxyl groups is 1. The highest BCUT2D eigenvalue weighted by Crippen LogP contribution is 2.21. The van der Waals surface area contributed by atoms with Crippen LogP contribution in [0, 0.1) is 5.82 Å². The summed E-state index contributed by atoms with van der Waals surface area (Å²) in [6.45, 7) is 1.61. The number of aryl methyl sites for hydroxylation is 1. The molecule has 1 aliphatic heterocycles. The van der Waals surface area contributed by atoms with Gasteiger partial charge in [-0.15, -0.1) is 0 Å². The Morgan fingerprint density at radius 3 is 2.69 bits per heavy atom. The summed E-state index contributed by atoms with van der Waals surface area (Å²) in [7, 11) is 0. The Morgan fingerprint density at radius 1 is 1.31 bits per heavy atom. The van der Waals surface area contributed by atoms with Gasteiger partial charge in [0.15, 0.2) is 0 Å². The molecule has 0 aromatic heterocycles. The van der Waals surface area contributed by atoms with Crippen molar-refractivity contribution in [2.45, 2.75) is 31.3 Å². The van der Waals surface area contributed by atoms with Crippen molar-refractivity contribution in [2.75, 3.05) is 13.1 Å². The molecule has 2 N–H and O–H groups in total. The predicted molar refractivity (Wildman–Crippen MR) is 61.8 cm³/mol. The zero-order chi connectivity index (χ0) is 11.4. The quantitative estimate of drug-likeness (QED) is 0.816. The van der Waals surface area contributed by atoms with Gasteiger partial charge >= 0.3 is 0 Å². The summed E-state index contributed by atoms with van der Waals surface area (Å²) in [5.41, 5.74) is 0.621. The first kappa shape index (κ1) is 11.6. The lowest BCUT2D eigenvalue weighted by molar-refractivity contribution is 0.0503. The molecule has 3 heteroatoms. The van der Waals surface area contributed by atoms with Crippen molar-refractivity contribution in [3.8, 4) is 0 Å². The molecule has 1 saturated heterocycles. The largest absolute Gasteiger partial charge is 0.389 e. The number of β-amino-alcohol motifs (C(OH)–C–C–N with tert-alkyl or cyclic N) is 1. The van der Waals surface area contributed by atoms with Gasteiger partial charge in [0, 0.05) is 6.54 Å². The molecule has 2 nitrogen and oxygen atoms in total. The summed E-state index contributed by atoms with van der Waals surface area (Å²) >= 11 is 0. The van der Waals surface area contributed by atoms with Gasteiger partial charge in [0.05, 0.1) is 5.60 Å². The first-order chi connectivity index (χ1) is 7.68. The molecule has 0 bridgehead atoms. The van der Waals surface area contributed by atoms with Crippen LogP contribution in [-0.4, -0.2) is 23.8 Å². The van der Waals surface area contributed by atoms with E-state index in [9.17, 15) is 9.50 Å². The zero-order valence-corrected chi connectivity index (χ0v) is 9.38. The van der Waals surface area contributed by atoms with E-state index in [4.69, 9.17) is 0 Å². The molecule has 0 saturated carbocycles. The second kappa shape index (κ2) is 4.93. The fourth-order valence-electron chi connectivity index (χ4n) is 2.22. The molecule has 1 aromatic carbocycles. The Hall–Kier alpha value is -0.930. The number of hydrogen-bond donors (Lipinski definition) is 2. The topological polar surface area (TPSA) is 32.3 Å². The maximum atomic E-state index is 12.7. The van der Waals surface area contributed by atoms with Gasteiger partial charge in [0.25, 0.3) is 0 Å². The van der Waals surface area contributed by atoms with E-state index in [1.165, 1.54) is 12.1 Å². The van der Waals surface area contributed by atoms with E-state index in [0.717, 1.165) is 37.8 Å². The molecule has 1 heterocycles. The first-order valence-corrected chi connectivity index (χ1v) is 5.86. The zero-order valence-electron chi connectivity index (χ0n) is 9.38. The molecular formula is C13H18FNO. The highest BCUT2D eigenvalue weighted by atomic mass is 19.1. The average molecular weight is 223 g/mol. The minimum Gasteiger partial charge on any atom is -0.389 e. The fourth-order valence-corrected chi connectivity index (χ4v) is 2.22. The molecule has 1 aromatic rings. The van der Waals surface area contributed by atoms with Gasteiger partial charge in [-0.2, -0.15) is 0 Å². The monoisotopic (exact) mass is 223 g/mol.